The molecule has 43 heavy (non-hydrogen) atoms. The van der Waals surface area contributed by atoms with E-state index in [0.29, 0.717) is 5.95 Å². The maximum atomic E-state index is 5.25. The third kappa shape index (κ3) is 3.38. The summed E-state index contributed by atoms with van der Waals surface area (Å²) in [6.07, 6.45) is 2.22. The number of para-hydroxylation sites is 2. The minimum atomic E-state index is -0.148. The fourth-order valence-electron chi connectivity index (χ4n) is 7.08. The Balaban J connectivity index is 1.43. The van der Waals surface area contributed by atoms with Gasteiger partial charge in [-0.1, -0.05) is 111 Å². The highest BCUT2D eigenvalue weighted by Crippen LogP contribution is 2.48. The maximum absolute atomic E-state index is 5.25. The molecule has 0 bridgehead atoms. The van der Waals surface area contributed by atoms with E-state index < -0.39 is 0 Å². The van der Waals surface area contributed by atoms with Gasteiger partial charge in [0.25, 0.3) is 0 Å². The Labute approximate surface area is 249 Å². The van der Waals surface area contributed by atoms with Gasteiger partial charge in [0.15, 0.2) is 0 Å². The molecule has 0 spiro atoms. The van der Waals surface area contributed by atoms with Crippen LogP contribution in [0.4, 0.5) is 0 Å². The molecule has 0 N–H and O–H groups in total. The van der Waals surface area contributed by atoms with E-state index in [0.717, 1.165) is 33.5 Å². The standard InChI is InChI=1S/C39H28N4/c1-39(2)30-18-10-12-20-35(30)42-22-21-28-36-29(23-31(39)37(28)42)27-17-9-11-19-34(27)43(36)38-40-32(25-13-5-3-6-14-25)24-33(41-38)26-15-7-4-8-16-26/h3-24H,1-2H3. The van der Waals surface area contributed by atoms with Crippen molar-refractivity contribution in [1.29, 1.82) is 0 Å². The lowest BCUT2D eigenvalue weighted by Gasteiger charge is -2.34. The second-order valence-corrected chi connectivity index (χ2v) is 11.9. The number of benzene rings is 5. The molecular formula is C39H28N4. The van der Waals surface area contributed by atoms with Gasteiger partial charge in [0.2, 0.25) is 5.95 Å². The van der Waals surface area contributed by atoms with Gasteiger partial charge in [-0.3, -0.25) is 4.57 Å². The molecule has 1 aliphatic rings. The largest absolute Gasteiger partial charge is 0.316 e. The topological polar surface area (TPSA) is 35.6 Å². The molecule has 9 rings (SSSR count). The number of fused-ring (bicyclic) bond motifs is 6. The Morgan fingerprint density at radius 3 is 1.88 bits per heavy atom. The lowest BCUT2D eigenvalue weighted by atomic mass is 9.74. The Morgan fingerprint density at radius 1 is 0.535 bits per heavy atom. The first kappa shape index (κ1) is 24.2. The molecule has 4 heterocycles. The van der Waals surface area contributed by atoms with Crippen molar-refractivity contribution in [1.82, 2.24) is 19.1 Å². The summed E-state index contributed by atoms with van der Waals surface area (Å²) in [6, 6.07) is 45.0. The minimum absolute atomic E-state index is 0.148. The van der Waals surface area contributed by atoms with Crippen molar-refractivity contribution in [2.75, 3.05) is 0 Å². The molecule has 4 heteroatoms. The first-order valence-corrected chi connectivity index (χ1v) is 14.8. The van der Waals surface area contributed by atoms with E-state index in [2.05, 4.69) is 144 Å². The van der Waals surface area contributed by atoms with Crippen molar-refractivity contribution in [2.24, 2.45) is 0 Å². The van der Waals surface area contributed by atoms with E-state index in [-0.39, 0.29) is 5.41 Å². The van der Waals surface area contributed by atoms with E-state index in [9.17, 15) is 0 Å². The smallest absolute Gasteiger partial charge is 0.235 e. The first-order valence-electron chi connectivity index (χ1n) is 14.8. The van der Waals surface area contributed by atoms with Crippen molar-refractivity contribution in [3.63, 3.8) is 0 Å². The predicted octanol–water partition coefficient (Wildman–Crippen LogP) is 9.49. The predicted molar refractivity (Wildman–Crippen MR) is 176 cm³/mol. The molecule has 0 radical (unpaired) electrons. The zero-order chi connectivity index (χ0) is 28.7. The summed E-state index contributed by atoms with van der Waals surface area (Å²) in [5.74, 6) is 0.671. The zero-order valence-corrected chi connectivity index (χ0v) is 24.0. The first-order chi connectivity index (χ1) is 21.1. The minimum Gasteiger partial charge on any atom is -0.316 e. The van der Waals surface area contributed by atoms with Crippen LogP contribution in [-0.2, 0) is 5.41 Å². The van der Waals surface area contributed by atoms with E-state index in [1.807, 2.05) is 12.1 Å². The molecule has 204 valence electrons. The molecule has 8 aromatic rings. The third-order valence-electron chi connectivity index (χ3n) is 9.16. The fourth-order valence-corrected chi connectivity index (χ4v) is 7.08. The third-order valence-corrected chi connectivity index (χ3v) is 9.16. The number of aromatic nitrogens is 4. The van der Waals surface area contributed by atoms with Gasteiger partial charge in [0.05, 0.1) is 27.9 Å². The summed E-state index contributed by atoms with van der Waals surface area (Å²) in [5, 5.41) is 3.63. The molecule has 0 aliphatic carbocycles. The van der Waals surface area contributed by atoms with E-state index in [1.165, 1.54) is 38.5 Å². The van der Waals surface area contributed by atoms with Crippen LogP contribution >= 0.6 is 0 Å². The van der Waals surface area contributed by atoms with Gasteiger partial charge in [-0.2, -0.15) is 0 Å². The van der Waals surface area contributed by atoms with Crippen molar-refractivity contribution in [3.8, 4) is 34.2 Å². The van der Waals surface area contributed by atoms with Crippen LogP contribution in [0.15, 0.2) is 134 Å². The molecule has 0 fully saturated rings. The number of hydrogen-bond donors (Lipinski definition) is 0. The van der Waals surface area contributed by atoms with Crippen LogP contribution in [0, 0.1) is 0 Å². The highest BCUT2D eigenvalue weighted by molar-refractivity contribution is 6.19. The lowest BCUT2D eigenvalue weighted by Crippen LogP contribution is -2.26. The van der Waals surface area contributed by atoms with Gasteiger partial charge in [0.1, 0.15) is 0 Å². The SMILES string of the molecule is CC1(C)c2ccccc2-n2ccc3c2c1cc1c2ccccc2n(-c2nc(-c4ccccc4)cc(-c4ccccc4)n2)c13. The van der Waals surface area contributed by atoms with Gasteiger partial charge in [0, 0.05) is 44.6 Å². The molecule has 0 unspecified atom stereocenters. The monoisotopic (exact) mass is 552 g/mol. The number of rotatable bonds is 3. The molecule has 0 amide bonds. The van der Waals surface area contributed by atoms with Gasteiger partial charge < -0.3 is 4.57 Å². The van der Waals surface area contributed by atoms with Crippen LogP contribution < -0.4 is 0 Å². The normalized spacial score (nSPS) is 13.5. The van der Waals surface area contributed by atoms with E-state index >= 15 is 0 Å². The Morgan fingerprint density at radius 2 is 1.16 bits per heavy atom. The van der Waals surface area contributed by atoms with Gasteiger partial charge >= 0.3 is 0 Å². The summed E-state index contributed by atoms with van der Waals surface area (Å²) in [4.78, 5) is 10.5. The van der Waals surface area contributed by atoms with Crippen LogP contribution in [0.1, 0.15) is 25.0 Å². The summed E-state index contributed by atoms with van der Waals surface area (Å²) in [5.41, 5.74) is 11.2. The van der Waals surface area contributed by atoms with Gasteiger partial charge in [-0.15, -0.1) is 0 Å². The Hall–Kier alpha value is -5.48. The Bertz CT molecular complexity index is 2300. The molecule has 0 saturated carbocycles. The van der Waals surface area contributed by atoms with Gasteiger partial charge in [-0.05, 0) is 41.5 Å². The average molecular weight is 553 g/mol. The quantitative estimate of drug-likeness (QED) is 0.219. The van der Waals surface area contributed by atoms with E-state index in [4.69, 9.17) is 9.97 Å². The maximum Gasteiger partial charge on any atom is 0.235 e. The second kappa shape index (κ2) is 8.76. The molecule has 1 aliphatic heterocycles. The summed E-state index contributed by atoms with van der Waals surface area (Å²) in [7, 11) is 0. The fraction of sp³-hybridized carbons (Fsp3) is 0.0769. The highest BCUT2D eigenvalue weighted by atomic mass is 15.2. The summed E-state index contributed by atoms with van der Waals surface area (Å²) < 4.78 is 4.64. The highest BCUT2D eigenvalue weighted by Gasteiger charge is 2.35. The molecule has 0 atom stereocenters. The molecular weight excluding hydrogens is 524 g/mol. The van der Waals surface area contributed by atoms with Crippen molar-refractivity contribution >= 4 is 32.7 Å². The molecule has 4 nitrogen and oxygen atoms in total. The molecule has 0 saturated heterocycles. The number of hydrogen-bond acceptors (Lipinski definition) is 2. The van der Waals surface area contributed by atoms with Crippen LogP contribution in [-0.4, -0.2) is 19.1 Å². The van der Waals surface area contributed by atoms with Crippen LogP contribution in [0.5, 0.6) is 0 Å². The molecule has 3 aromatic heterocycles. The zero-order valence-electron chi connectivity index (χ0n) is 24.0. The average Bonchev–Trinajstić information content (AvgIpc) is 3.65. The van der Waals surface area contributed by atoms with E-state index in [1.54, 1.807) is 0 Å². The van der Waals surface area contributed by atoms with Crippen LogP contribution in [0.3, 0.4) is 0 Å². The summed E-state index contributed by atoms with van der Waals surface area (Å²) in [6.45, 7) is 4.70. The summed E-state index contributed by atoms with van der Waals surface area (Å²) >= 11 is 0. The van der Waals surface area contributed by atoms with Gasteiger partial charge in [-0.25, -0.2) is 9.97 Å². The van der Waals surface area contributed by atoms with Crippen molar-refractivity contribution in [3.05, 3.63) is 145 Å². The lowest BCUT2D eigenvalue weighted by molar-refractivity contribution is 0.629. The number of nitrogens with zero attached hydrogens (tertiary/aromatic N) is 4. The van der Waals surface area contributed by atoms with Crippen LogP contribution in [0.2, 0.25) is 0 Å². The molecule has 5 aromatic carbocycles. The van der Waals surface area contributed by atoms with Crippen molar-refractivity contribution < 1.29 is 0 Å². The van der Waals surface area contributed by atoms with Crippen molar-refractivity contribution in [2.45, 2.75) is 19.3 Å². The Kier molecular flexibility index (Phi) is 4.92. The van der Waals surface area contributed by atoms with Crippen LogP contribution in [0.25, 0.3) is 66.9 Å². The second-order valence-electron chi connectivity index (χ2n) is 11.9.